The standard InChI is InChI=1S/C19H24N2/c1-15-9-8-14-20-18(15)21-17(12-13-19(2,3)4)16-10-6-5-7-11-16/h5-11,14H,12-13H2,1-4H3/b21-17+. The van der Waals surface area contributed by atoms with E-state index in [1.54, 1.807) is 6.20 Å². The van der Waals surface area contributed by atoms with Gasteiger partial charge in [0, 0.05) is 6.20 Å². The molecule has 0 aliphatic rings. The Hall–Kier alpha value is -1.96. The summed E-state index contributed by atoms with van der Waals surface area (Å²) in [6.07, 6.45) is 3.87. The van der Waals surface area contributed by atoms with Crippen LogP contribution < -0.4 is 0 Å². The van der Waals surface area contributed by atoms with Crippen LogP contribution in [0, 0.1) is 12.3 Å². The summed E-state index contributed by atoms with van der Waals surface area (Å²) in [7, 11) is 0. The molecule has 0 aliphatic heterocycles. The van der Waals surface area contributed by atoms with Gasteiger partial charge in [-0.1, -0.05) is 57.2 Å². The third-order valence-electron chi connectivity index (χ3n) is 3.44. The van der Waals surface area contributed by atoms with Gasteiger partial charge in [0.1, 0.15) is 0 Å². The van der Waals surface area contributed by atoms with Gasteiger partial charge in [0.2, 0.25) is 0 Å². The van der Waals surface area contributed by atoms with Gasteiger partial charge in [-0.15, -0.1) is 0 Å². The summed E-state index contributed by atoms with van der Waals surface area (Å²) >= 11 is 0. The second-order valence-electron chi connectivity index (χ2n) is 6.63. The molecule has 1 heterocycles. The average molecular weight is 280 g/mol. The predicted octanol–water partition coefficient (Wildman–Crippen LogP) is 5.34. The number of nitrogens with zero attached hydrogens (tertiary/aromatic N) is 2. The van der Waals surface area contributed by atoms with Crippen molar-refractivity contribution in [2.24, 2.45) is 10.4 Å². The van der Waals surface area contributed by atoms with Gasteiger partial charge in [-0.25, -0.2) is 9.98 Å². The van der Waals surface area contributed by atoms with Gasteiger partial charge < -0.3 is 0 Å². The Morgan fingerprint density at radius 3 is 2.38 bits per heavy atom. The number of hydrogen-bond donors (Lipinski definition) is 0. The third-order valence-corrected chi connectivity index (χ3v) is 3.44. The number of benzene rings is 1. The zero-order valence-corrected chi connectivity index (χ0v) is 13.4. The minimum absolute atomic E-state index is 0.300. The topological polar surface area (TPSA) is 25.2 Å². The maximum atomic E-state index is 4.84. The molecule has 110 valence electrons. The number of hydrogen-bond acceptors (Lipinski definition) is 2. The van der Waals surface area contributed by atoms with E-state index in [9.17, 15) is 0 Å². The molecule has 2 nitrogen and oxygen atoms in total. The fraction of sp³-hybridized carbons (Fsp3) is 0.368. The van der Waals surface area contributed by atoms with E-state index >= 15 is 0 Å². The summed E-state index contributed by atoms with van der Waals surface area (Å²) in [5, 5.41) is 0. The quantitative estimate of drug-likeness (QED) is 0.694. The highest BCUT2D eigenvalue weighted by Crippen LogP contribution is 2.24. The van der Waals surface area contributed by atoms with Crippen LogP contribution in [0.1, 0.15) is 44.7 Å². The van der Waals surface area contributed by atoms with E-state index in [-0.39, 0.29) is 0 Å². The first-order valence-corrected chi connectivity index (χ1v) is 7.50. The molecule has 1 aromatic heterocycles. The Morgan fingerprint density at radius 1 is 1.05 bits per heavy atom. The summed E-state index contributed by atoms with van der Waals surface area (Å²) in [5.41, 5.74) is 3.72. The molecule has 0 radical (unpaired) electrons. The number of rotatable bonds is 4. The highest BCUT2D eigenvalue weighted by Gasteiger charge is 2.13. The van der Waals surface area contributed by atoms with Crippen LogP contribution in [0.4, 0.5) is 5.82 Å². The predicted molar refractivity (Wildman–Crippen MR) is 90.3 cm³/mol. The molecule has 0 amide bonds. The van der Waals surface area contributed by atoms with Gasteiger partial charge in [0.15, 0.2) is 5.82 Å². The smallest absolute Gasteiger partial charge is 0.154 e. The van der Waals surface area contributed by atoms with Crippen LogP contribution in [0.3, 0.4) is 0 Å². The minimum Gasteiger partial charge on any atom is -0.237 e. The minimum atomic E-state index is 0.300. The number of aliphatic imine (C=N–C) groups is 1. The maximum absolute atomic E-state index is 4.84. The van der Waals surface area contributed by atoms with Crippen molar-refractivity contribution in [3.8, 4) is 0 Å². The van der Waals surface area contributed by atoms with Crippen LogP contribution in [0.2, 0.25) is 0 Å². The Balaban J connectivity index is 2.34. The highest BCUT2D eigenvalue weighted by molar-refractivity contribution is 6.01. The first-order chi connectivity index (χ1) is 9.96. The Kier molecular flexibility index (Phi) is 4.89. The lowest BCUT2D eigenvalue weighted by Crippen LogP contribution is -2.10. The zero-order valence-electron chi connectivity index (χ0n) is 13.4. The summed E-state index contributed by atoms with van der Waals surface area (Å²) in [6, 6.07) is 14.4. The van der Waals surface area contributed by atoms with E-state index < -0.39 is 0 Å². The van der Waals surface area contributed by atoms with Crippen LogP contribution in [0.15, 0.2) is 53.7 Å². The second kappa shape index (κ2) is 6.66. The fourth-order valence-corrected chi connectivity index (χ4v) is 2.11. The van der Waals surface area contributed by atoms with Gasteiger partial charge in [-0.2, -0.15) is 0 Å². The van der Waals surface area contributed by atoms with Crippen molar-refractivity contribution in [2.75, 3.05) is 0 Å². The summed E-state index contributed by atoms with van der Waals surface area (Å²) in [5.74, 6) is 0.824. The molecule has 2 heteroatoms. The molecular formula is C19H24N2. The lowest BCUT2D eigenvalue weighted by molar-refractivity contribution is 0.386. The second-order valence-corrected chi connectivity index (χ2v) is 6.63. The van der Waals surface area contributed by atoms with Crippen LogP contribution in [0.5, 0.6) is 0 Å². The monoisotopic (exact) mass is 280 g/mol. The Morgan fingerprint density at radius 2 is 1.76 bits per heavy atom. The molecule has 0 fully saturated rings. The normalized spacial score (nSPS) is 12.5. The molecule has 1 aromatic carbocycles. The lowest BCUT2D eigenvalue weighted by atomic mass is 9.88. The van der Waals surface area contributed by atoms with Crippen LogP contribution in [0.25, 0.3) is 0 Å². The molecule has 0 spiro atoms. The molecule has 0 aliphatic carbocycles. The molecule has 21 heavy (non-hydrogen) atoms. The maximum Gasteiger partial charge on any atom is 0.154 e. The highest BCUT2D eigenvalue weighted by atomic mass is 14.9. The molecule has 2 aromatic rings. The van der Waals surface area contributed by atoms with E-state index in [0.29, 0.717) is 5.41 Å². The van der Waals surface area contributed by atoms with Crippen molar-refractivity contribution in [3.05, 3.63) is 59.8 Å². The van der Waals surface area contributed by atoms with Crippen molar-refractivity contribution in [2.45, 2.75) is 40.5 Å². The molecule has 0 saturated heterocycles. The van der Waals surface area contributed by atoms with Gasteiger partial charge >= 0.3 is 0 Å². The van der Waals surface area contributed by atoms with Gasteiger partial charge in [0.25, 0.3) is 0 Å². The van der Waals surface area contributed by atoms with Crippen molar-refractivity contribution < 1.29 is 0 Å². The van der Waals surface area contributed by atoms with E-state index in [1.165, 1.54) is 5.56 Å². The number of pyridine rings is 1. The van der Waals surface area contributed by atoms with Gasteiger partial charge in [-0.3, -0.25) is 0 Å². The molecule has 0 unspecified atom stereocenters. The Bertz CT molecular complexity index is 607. The molecule has 2 rings (SSSR count). The molecular weight excluding hydrogens is 256 g/mol. The third kappa shape index (κ3) is 4.82. The van der Waals surface area contributed by atoms with Gasteiger partial charge in [-0.05, 0) is 42.4 Å². The lowest BCUT2D eigenvalue weighted by Gasteiger charge is -2.18. The largest absolute Gasteiger partial charge is 0.237 e. The summed E-state index contributed by atoms with van der Waals surface area (Å²) in [6.45, 7) is 8.85. The molecule has 0 atom stereocenters. The summed E-state index contributed by atoms with van der Waals surface area (Å²) < 4.78 is 0. The molecule has 0 bridgehead atoms. The number of aryl methyl sites for hydroxylation is 1. The SMILES string of the molecule is Cc1cccnc1/N=C(\CCC(C)(C)C)c1ccccc1. The van der Waals surface area contributed by atoms with E-state index in [1.807, 2.05) is 12.1 Å². The van der Waals surface area contributed by atoms with E-state index in [2.05, 4.69) is 63.0 Å². The van der Waals surface area contributed by atoms with Crippen molar-refractivity contribution in [1.29, 1.82) is 0 Å². The van der Waals surface area contributed by atoms with Crippen LogP contribution in [-0.2, 0) is 0 Å². The van der Waals surface area contributed by atoms with E-state index in [0.717, 1.165) is 29.9 Å². The van der Waals surface area contributed by atoms with Crippen LogP contribution in [-0.4, -0.2) is 10.7 Å². The van der Waals surface area contributed by atoms with Crippen molar-refractivity contribution in [3.63, 3.8) is 0 Å². The Labute approximate surface area is 128 Å². The average Bonchev–Trinajstić information content (AvgIpc) is 2.45. The first kappa shape index (κ1) is 15.4. The molecule has 0 saturated carbocycles. The van der Waals surface area contributed by atoms with Gasteiger partial charge in [0.05, 0.1) is 5.71 Å². The van der Waals surface area contributed by atoms with Crippen molar-refractivity contribution in [1.82, 2.24) is 4.98 Å². The van der Waals surface area contributed by atoms with E-state index in [4.69, 9.17) is 4.99 Å². The summed E-state index contributed by atoms with van der Waals surface area (Å²) in [4.78, 5) is 9.24. The van der Waals surface area contributed by atoms with Crippen LogP contribution >= 0.6 is 0 Å². The first-order valence-electron chi connectivity index (χ1n) is 7.50. The fourth-order valence-electron chi connectivity index (χ4n) is 2.11. The zero-order chi connectivity index (χ0) is 15.3. The number of aromatic nitrogens is 1. The van der Waals surface area contributed by atoms with Crippen molar-refractivity contribution >= 4 is 11.5 Å². The molecule has 0 N–H and O–H groups in total.